The summed E-state index contributed by atoms with van der Waals surface area (Å²) in [4.78, 5) is 14.4. The van der Waals surface area contributed by atoms with Crippen LogP contribution in [0.15, 0.2) is 24.3 Å². The largest absolute Gasteiger partial charge is 0.458 e. The van der Waals surface area contributed by atoms with Gasteiger partial charge in [-0.1, -0.05) is 12.5 Å². The fourth-order valence-electron chi connectivity index (χ4n) is 3.04. The Balaban J connectivity index is 1.92. The van der Waals surface area contributed by atoms with Crippen molar-refractivity contribution in [2.75, 3.05) is 6.54 Å². The molecule has 0 saturated carbocycles. The van der Waals surface area contributed by atoms with Gasteiger partial charge in [0, 0.05) is 18.6 Å². The van der Waals surface area contributed by atoms with E-state index in [1.54, 1.807) is 6.07 Å². The van der Waals surface area contributed by atoms with Crippen LogP contribution in [-0.2, 0) is 4.74 Å². The molecule has 0 radical (unpaired) electrons. The summed E-state index contributed by atoms with van der Waals surface area (Å²) < 4.78 is 18.6. The number of piperidine rings is 1. The third kappa shape index (κ3) is 4.27. The smallest absolute Gasteiger partial charge is 0.338 e. The Labute approximate surface area is 126 Å². The fourth-order valence-corrected chi connectivity index (χ4v) is 3.04. The van der Waals surface area contributed by atoms with Crippen molar-refractivity contribution in [1.82, 2.24) is 4.90 Å². The average Bonchev–Trinajstić information content (AvgIpc) is 2.43. The second kappa shape index (κ2) is 7.03. The van der Waals surface area contributed by atoms with Crippen molar-refractivity contribution >= 4 is 5.97 Å². The molecule has 1 aliphatic heterocycles. The molecule has 0 unspecified atom stereocenters. The number of carbonyl (C=O) groups excluding carboxylic acids is 1. The number of hydrogen-bond donors (Lipinski definition) is 0. The standard InChI is InChI=1S/C17H24FNO2/c1-12-6-4-7-13(2)19(12)11-14(3)21-17(20)15-8-5-9-16(18)10-15/h5,8-10,12-14H,4,6-7,11H2,1-3H3/t12-,13-,14+/m0/s1. The van der Waals surface area contributed by atoms with Gasteiger partial charge in [-0.3, -0.25) is 4.90 Å². The lowest BCUT2D eigenvalue weighted by molar-refractivity contribution is 0.00808. The van der Waals surface area contributed by atoms with Crippen molar-refractivity contribution in [3.63, 3.8) is 0 Å². The summed E-state index contributed by atoms with van der Waals surface area (Å²) >= 11 is 0. The first kappa shape index (κ1) is 16.0. The maximum Gasteiger partial charge on any atom is 0.338 e. The molecule has 2 rings (SSSR count). The molecule has 3 nitrogen and oxygen atoms in total. The van der Waals surface area contributed by atoms with Gasteiger partial charge in [0.15, 0.2) is 0 Å². The van der Waals surface area contributed by atoms with Crippen molar-refractivity contribution in [3.8, 4) is 0 Å². The number of esters is 1. The average molecular weight is 293 g/mol. The third-order valence-corrected chi connectivity index (χ3v) is 4.21. The zero-order chi connectivity index (χ0) is 15.4. The normalized spacial score (nSPS) is 24.6. The van der Waals surface area contributed by atoms with Crippen LogP contribution in [0.2, 0.25) is 0 Å². The van der Waals surface area contributed by atoms with Gasteiger partial charge >= 0.3 is 5.97 Å². The summed E-state index contributed by atoms with van der Waals surface area (Å²) in [7, 11) is 0. The molecule has 4 heteroatoms. The minimum absolute atomic E-state index is 0.205. The number of benzene rings is 1. The van der Waals surface area contributed by atoms with E-state index in [0.29, 0.717) is 12.1 Å². The quantitative estimate of drug-likeness (QED) is 0.794. The molecule has 1 aliphatic rings. The highest BCUT2D eigenvalue weighted by molar-refractivity contribution is 5.89. The molecule has 116 valence electrons. The topological polar surface area (TPSA) is 29.5 Å². The maximum absolute atomic E-state index is 13.1. The highest BCUT2D eigenvalue weighted by Gasteiger charge is 2.27. The summed E-state index contributed by atoms with van der Waals surface area (Å²) in [5.74, 6) is -0.880. The molecule has 0 bridgehead atoms. The lowest BCUT2D eigenvalue weighted by Gasteiger charge is -2.40. The first-order valence-corrected chi connectivity index (χ1v) is 7.69. The minimum Gasteiger partial charge on any atom is -0.458 e. The van der Waals surface area contributed by atoms with E-state index in [2.05, 4.69) is 18.7 Å². The van der Waals surface area contributed by atoms with Gasteiger partial charge in [0.2, 0.25) is 0 Å². The number of rotatable bonds is 4. The number of hydrogen-bond acceptors (Lipinski definition) is 3. The predicted octanol–water partition coefficient (Wildman–Crippen LogP) is 3.63. The zero-order valence-electron chi connectivity index (χ0n) is 13.0. The summed E-state index contributed by atoms with van der Waals surface area (Å²) in [6.45, 7) is 7.06. The van der Waals surface area contributed by atoms with Crippen molar-refractivity contribution < 1.29 is 13.9 Å². The molecule has 1 aromatic rings. The van der Waals surface area contributed by atoms with Crippen molar-refractivity contribution in [3.05, 3.63) is 35.6 Å². The van der Waals surface area contributed by atoms with Crippen LogP contribution in [0.4, 0.5) is 4.39 Å². The van der Waals surface area contributed by atoms with Crippen LogP contribution in [0.25, 0.3) is 0 Å². The van der Waals surface area contributed by atoms with Crippen molar-refractivity contribution in [1.29, 1.82) is 0 Å². The van der Waals surface area contributed by atoms with Crippen LogP contribution in [0, 0.1) is 5.82 Å². The SMILES string of the molecule is C[C@H](CN1[C@@H](C)CCC[C@@H]1C)OC(=O)c1cccc(F)c1. The maximum atomic E-state index is 13.1. The molecule has 0 amide bonds. The van der Waals surface area contributed by atoms with E-state index in [-0.39, 0.29) is 11.7 Å². The van der Waals surface area contributed by atoms with E-state index in [1.165, 1.54) is 37.5 Å². The number of ether oxygens (including phenoxy) is 1. The molecule has 1 heterocycles. The van der Waals surface area contributed by atoms with Crippen LogP contribution in [-0.4, -0.2) is 35.6 Å². The number of carbonyl (C=O) groups is 1. The van der Waals surface area contributed by atoms with Crippen LogP contribution < -0.4 is 0 Å². The van der Waals surface area contributed by atoms with E-state index in [9.17, 15) is 9.18 Å². The first-order chi connectivity index (χ1) is 9.97. The molecular formula is C17H24FNO2. The Morgan fingerprint density at radius 3 is 2.67 bits per heavy atom. The van der Waals surface area contributed by atoms with Crippen LogP contribution in [0.3, 0.4) is 0 Å². The molecule has 0 aromatic heterocycles. The molecule has 1 fully saturated rings. The van der Waals surface area contributed by atoms with Crippen LogP contribution in [0.1, 0.15) is 50.4 Å². The second-order valence-corrected chi connectivity index (χ2v) is 6.05. The molecule has 1 aromatic carbocycles. The van der Waals surface area contributed by atoms with Gasteiger partial charge in [-0.25, -0.2) is 9.18 Å². The van der Waals surface area contributed by atoms with E-state index in [0.717, 1.165) is 6.54 Å². The van der Waals surface area contributed by atoms with E-state index >= 15 is 0 Å². The summed E-state index contributed by atoms with van der Waals surface area (Å²) in [6, 6.07) is 6.65. The van der Waals surface area contributed by atoms with Crippen molar-refractivity contribution in [2.45, 2.75) is 58.2 Å². The predicted molar refractivity (Wildman–Crippen MR) is 80.8 cm³/mol. The highest BCUT2D eigenvalue weighted by Crippen LogP contribution is 2.23. The second-order valence-electron chi connectivity index (χ2n) is 6.05. The van der Waals surface area contributed by atoms with Crippen LogP contribution >= 0.6 is 0 Å². The highest BCUT2D eigenvalue weighted by atomic mass is 19.1. The van der Waals surface area contributed by atoms with Gasteiger partial charge in [0.25, 0.3) is 0 Å². The van der Waals surface area contributed by atoms with Gasteiger partial charge in [-0.05, 0) is 51.8 Å². The van der Waals surface area contributed by atoms with Crippen molar-refractivity contribution in [2.24, 2.45) is 0 Å². The zero-order valence-corrected chi connectivity index (χ0v) is 13.0. The summed E-state index contributed by atoms with van der Waals surface area (Å²) in [5, 5.41) is 0. The Morgan fingerprint density at radius 2 is 2.05 bits per heavy atom. The fraction of sp³-hybridized carbons (Fsp3) is 0.588. The summed E-state index contributed by atoms with van der Waals surface area (Å²) in [6.07, 6.45) is 3.43. The molecule has 0 aliphatic carbocycles. The third-order valence-electron chi connectivity index (χ3n) is 4.21. The Morgan fingerprint density at radius 1 is 1.38 bits per heavy atom. The molecule has 21 heavy (non-hydrogen) atoms. The Kier molecular flexibility index (Phi) is 5.34. The van der Waals surface area contributed by atoms with Gasteiger partial charge in [-0.2, -0.15) is 0 Å². The summed E-state index contributed by atoms with van der Waals surface area (Å²) in [5.41, 5.74) is 0.265. The van der Waals surface area contributed by atoms with Gasteiger partial charge in [0.1, 0.15) is 11.9 Å². The van der Waals surface area contributed by atoms with Gasteiger partial charge in [0.05, 0.1) is 5.56 Å². The van der Waals surface area contributed by atoms with E-state index in [1.807, 2.05) is 6.92 Å². The van der Waals surface area contributed by atoms with Gasteiger partial charge in [-0.15, -0.1) is 0 Å². The first-order valence-electron chi connectivity index (χ1n) is 7.69. The monoisotopic (exact) mass is 293 g/mol. The Bertz CT molecular complexity index is 481. The molecule has 0 N–H and O–H groups in total. The lowest BCUT2D eigenvalue weighted by atomic mass is 9.97. The van der Waals surface area contributed by atoms with E-state index in [4.69, 9.17) is 4.74 Å². The van der Waals surface area contributed by atoms with Crippen LogP contribution in [0.5, 0.6) is 0 Å². The number of halogens is 1. The molecule has 1 saturated heterocycles. The lowest BCUT2D eigenvalue weighted by Crippen LogP contribution is -2.47. The number of nitrogens with zero attached hydrogens (tertiary/aromatic N) is 1. The number of likely N-dealkylation sites (tertiary alicyclic amines) is 1. The van der Waals surface area contributed by atoms with Gasteiger partial charge < -0.3 is 4.74 Å². The molecule has 0 spiro atoms. The van der Waals surface area contributed by atoms with E-state index < -0.39 is 11.8 Å². The molecule has 3 atom stereocenters. The minimum atomic E-state index is -0.459. The molecular weight excluding hydrogens is 269 g/mol. The Hall–Kier alpha value is -1.42.